The predicted octanol–water partition coefficient (Wildman–Crippen LogP) is 2.83. The van der Waals surface area contributed by atoms with Crippen molar-refractivity contribution in [3.8, 4) is 0 Å². The predicted molar refractivity (Wildman–Crippen MR) is 78.0 cm³/mol. The molecule has 0 aromatic heterocycles. The van der Waals surface area contributed by atoms with E-state index in [1.807, 2.05) is 13.8 Å². The van der Waals surface area contributed by atoms with Crippen LogP contribution in [0.3, 0.4) is 0 Å². The molecule has 0 aliphatic carbocycles. The first-order valence-corrected chi connectivity index (χ1v) is 6.29. The number of hydrogen-bond donors (Lipinski definition) is 1. The maximum atomic E-state index is 13.5. The summed E-state index contributed by atoms with van der Waals surface area (Å²) in [6.07, 6.45) is 0.642. The second kappa shape index (κ2) is 8.17. The van der Waals surface area contributed by atoms with Crippen molar-refractivity contribution in [1.29, 1.82) is 0 Å². The fourth-order valence-electron chi connectivity index (χ4n) is 1.65. The summed E-state index contributed by atoms with van der Waals surface area (Å²) < 4.78 is 26.2. The Kier molecular flexibility index (Phi) is 7.68. The fourth-order valence-corrected chi connectivity index (χ4v) is 1.65. The second-order valence-corrected chi connectivity index (χ2v) is 5.05. The third-order valence-corrected chi connectivity index (χ3v) is 3.16. The lowest BCUT2D eigenvalue weighted by molar-refractivity contribution is 0.0784. The number of amides is 1. The zero-order valence-corrected chi connectivity index (χ0v) is 12.7. The molecule has 2 N–H and O–H groups in total. The molecule has 0 bridgehead atoms. The minimum atomic E-state index is -0.843. The normalized spacial score (nSPS) is 11.9. The highest BCUT2D eigenvalue weighted by atomic mass is 35.5. The molecule has 0 aliphatic rings. The molecule has 0 heterocycles. The molecule has 0 aliphatic heterocycles. The van der Waals surface area contributed by atoms with Gasteiger partial charge in [-0.15, -0.1) is 12.4 Å². The molecular weight excluding hydrogens is 286 g/mol. The van der Waals surface area contributed by atoms with Gasteiger partial charge < -0.3 is 10.6 Å². The first kappa shape index (κ1) is 18.8. The monoisotopic (exact) mass is 306 g/mol. The largest absolute Gasteiger partial charge is 0.342 e. The highest BCUT2D eigenvalue weighted by molar-refractivity contribution is 5.94. The van der Waals surface area contributed by atoms with E-state index in [1.54, 1.807) is 7.05 Å². The van der Waals surface area contributed by atoms with E-state index in [9.17, 15) is 13.6 Å². The Balaban J connectivity index is 0.00000361. The van der Waals surface area contributed by atoms with E-state index in [0.717, 1.165) is 12.1 Å². The SMILES string of the molecule is CC(C)C(N)CCN(C)C(=O)c1ccc(F)cc1F.Cl. The highest BCUT2D eigenvalue weighted by Gasteiger charge is 2.17. The maximum absolute atomic E-state index is 13.5. The lowest BCUT2D eigenvalue weighted by Gasteiger charge is -2.21. The Labute approximate surface area is 124 Å². The molecule has 1 amide bonds. The number of rotatable bonds is 5. The van der Waals surface area contributed by atoms with Gasteiger partial charge in [0.05, 0.1) is 5.56 Å². The van der Waals surface area contributed by atoms with Crippen LogP contribution in [-0.4, -0.2) is 30.4 Å². The van der Waals surface area contributed by atoms with Crippen molar-refractivity contribution < 1.29 is 13.6 Å². The summed E-state index contributed by atoms with van der Waals surface area (Å²) in [5.74, 6) is -1.68. The van der Waals surface area contributed by atoms with Crippen molar-refractivity contribution in [2.45, 2.75) is 26.3 Å². The topological polar surface area (TPSA) is 46.3 Å². The first-order chi connectivity index (χ1) is 8.82. The maximum Gasteiger partial charge on any atom is 0.256 e. The molecule has 1 rings (SSSR count). The van der Waals surface area contributed by atoms with Crippen molar-refractivity contribution >= 4 is 18.3 Å². The quantitative estimate of drug-likeness (QED) is 0.909. The summed E-state index contributed by atoms with van der Waals surface area (Å²) in [7, 11) is 1.58. The van der Waals surface area contributed by atoms with Crippen molar-refractivity contribution in [3.05, 3.63) is 35.4 Å². The van der Waals surface area contributed by atoms with Gasteiger partial charge in [-0.2, -0.15) is 0 Å². The molecule has 3 nitrogen and oxygen atoms in total. The van der Waals surface area contributed by atoms with Crippen LogP contribution < -0.4 is 5.73 Å². The zero-order chi connectivity index (χ0) is 14.6. The Bertz CT molecular complexity index is 455. The van der Waals surface area contributed by atoms with Gasteiger partial charge in [-0.1, -0.05) is 13.8 Å². The number of carbonyl (C=O) groups excluding carboxylic acids is 1. The number of nitrogens with two attached hydrogens (primary N) is 1. The molecule has 0 saturated carbocycles. The molecule has 1 aromatic rings. The van der Waals surface area contributed by atoms with Gasteiger partial charge in [0, 0.05) is 25.7 Å². The number of hydrogen-bond acceptors (Lipinski definition) is 2. The zero-order valence-electron chi connectivity index (χ0n) is 11.9. The van der Waals surface area contributed by atoms with E-state index >= 15 is 0 Å². The average Bonchev–Trinajstić information content (AvgIpc) is 2.34. The summed E-state index contributed by atoms with van der Waals surface area (Å²) in [4.78, 5) is 13.4. The molecule has 0 fully saturated rings. The lowest BCUT2D eigenvalue weighted by atomic mass is 10.0. The summed E-state index contributed by atoms with van der Waals surface area (Å²) in [5, 5.41) is 0. The van der Waals surface area contributed by atoms with Crippen LogP contribution in [0.1, 0.15) is 30.6 Å². The van der Waals surface area contributed by atoms with Crippen molar-refractivity contribution in [2.75, 3.05) is 13.6 Å². The molecule has 1 atom stereocenters. The third-order valence-electron chi connectivity index (χ3n) is 3.16. The molecule has 0 saturated heterocycles. The van der Waals surface area contributed by atoms with E-state index in [2.05, 4.69) is 0 Å². The summed E-state index contributed by atoms with van der Waals surface area (Å²) in [6.45, 7) is 4.45. The van der Waals surface area contributed by atoms with E-state index in [-0.39, 0.29) is 24.0 Å². The van der Waals surface area contributed by atoms with Crippen molar-refractivity contribution in [1.82, 2.24) is 4.90 Å². The van der Waals surface area contributed by atoms with E-state index in [0.29, 0.717) is 24.9 Å². The van der Waals surface area contributed by atoms with Crippen LogP contribution in [0.2, 0.25) is 0 Å². The van der Waals surface area contributed by atoms with Crippen LogP contribution in [0.15, 0.2) is 18.2 Å². The van der Waals surface area contributed by atoms with Gasteiger partial charge in [-0.25, -0.2) is 8.78 Å². The van der Waals surface area contributed by atoms with Crippen molar-refractivity contribution in [2.24, 2.45) is 11.7 Å². The van der Waals surface area contributed by atoms with Crippen LogP contribution in [-0.2, 0) is 0 Å². The van der Waals surface area contributed by atoms with Crippen LogP contribution in [0.25, 0.3) is 0 Å². The van der Waals surface area contributed by atoms with Gasteiger partial charge in [0.1, 0.15) is 11.6 Å². The summed E-state index contributed by atoms with van der Waals surface area (Å²) >= 11 is 0. The molecule has 114 valence electrons. The molecule has 6 heteroatoms. The van der Waals surface area contributed by atoms with E-state index < -0.39 is 17.5 Å². The van der Waals surface area contributed by atoms with Crippen molar-refractivity contribution in [3.63, 3.8) is 0 Å². The minimum Gasteiger partial charge on any atom is -0.342 e. The minimum absolute atomic E-state index is 0. The van der Waals surface area contributed by atoms with Gasteiger partial charge in [-0.3, -0.25) is 4.79 Å². The van der Waals surface area contributed by atoms with Crippen LogP contribution in [0.4, 0.5) is 8.78 Å². The van der Waals surface area contributed by atoms with Crippen LogP contribution in [0, 0.1) is 17.6 Å². The standard InChI is InChI=1S/C14H20F2N2O.ClH/c1-9(2)13(17)6-7-18(3)14(19)11-5-4-10(15)8-12(11)16;/h4-5,8-9,13H,6-7,17H2,1-3H3;1H. The summed E-state index contributed by atoms with van der Waals surface area (Å²) in [5.41, 5.74) is 5.77. The lowest BCUT2D eigenvalue weighted by Crippen LogP contribution is -2.35. The second-order valence-electron chi connectivity index (χ2n) is 5.05. The third kappa shape index (κ3) is 5.06. The molecular formula is C14H21ClF2N2O. The number of benzene rings is 1. The number of carbonyl (C=O) groups is 1. The van der Waals surface area contributed by atoms with Crippen LogP contribution in [0.5, 0.6) is 0 Å². The fraction of sp³-hybridized carbons (Fsp3) is 0.500. The Morgan fingerprint density at radius 3 is 2.45 bits per heavy atom. The molecule has 1 aromatic carbocycles. The van der Waals surface area contributed by atoms with Crippen LogP contribution >= 0.6 is 12.4 Å². The molecule has 1 unspecified atom stereocenters. The van der Waals surface area contributed by atoms with E-state index in [4.69, 9.17) is 5.73 Å². The summed E-state index contributed by atoms with van der Waals surface area (Å²) in [6, 6.07) is 2.94. The molecule has 0 spiro atoms. The van der Waals surface area contributed by atoms with Gasteiger partial charge in [0.15, 0.2) is 0 Å². The smallest absolute Gasteiger partial charge is 0.256 e. The van der Waals surface area contributed by atoms with Gasteiger partial charge in [-0.05, 0) is 24.5 Å². The first-order valence-electron chi connectivity index (χ1n) is 6.29. The van der Waals surface area contributed by atoms with Gasteiger partial charge in [0.2, 0.25) is 0 Å². The Morgan fingerprint density at radius 1 is 1.35 bits per heavy atom. The van der Waals surface area contributed by atoms with E-state index in [1.165, 1.54) is 4.90 Å². The average molecular weight is 307 g/mol. The molecule has 20 heavy (non-hydrogen) atoms. The number of nitrogens with zero attached hydrogens (tertiary/aromatic N) is 1. The van der Waals surface area contributed by atoms with Gasteiger partial charge in [0.25, 0.3) is 5.91 Å². The van der Waals surface area contributed by atoms with Gasteiger partial charge >= 0.3 is 0 Å². The molecule has 0 radical (unpaired) electrons. The Morgan fingerprint density at radius 2 is 1.95 bits per heavy atom. The highest BCUT2D eigenvalue weighted by Crippen LogP contribution is 2.12. The number of halogens is 3. The Hall–Kier alpha value is -1.20.